The van der Waals surface area contributed by atoms with Gasteiger partial charge in [-0.3, -0.25) is 0 Å². The van der Waals surface area contributed by atoms with Crippen LogP contribution in [-0.2, 0) is 0 Å². The van der Waals surface area contributed by atoms with Gasteiger partial charge in [0.05, 0.1) is 13.1 Å². The second kappa shape index (κ2) is 3.21. The zero-order valence-corrected chi connectivity index (χ0v) is 8.22. The van der Waals surface area contributed by atoms with Gasteiger partial charge in [0.15, 0.2) is 0 Å². The van der Waals surface area contributed by atoms with E-state index in [4.69, 9.17) is 0 Å². The monoisotopic (exact) mass is 166 g/mol. The predicted molar refractivity (Wildman–Crippen MR) is 51.2 cm³/mol. The Morgan fingerprint density at radius 3 is 2.75 bits per heavy atom. The average molecular weight is 166 g/mol. The summed E-state index contributed by atoms with van der Waals surface area (Å²) in [6.45, 7) is 2.33. The van der Waals surface area contributed by atoms with Crippen molar-refractivity contribution in [2.45, 2.75) is 44.7 Å². The van der Waals surface area contributed by atoms with Crippen molar-refractivity contribution in [2.24, 2.45) is 5.92 Å². The van der Waals surface area contributed by atoms with Gasteiger partial charge in [0.2, 0.25) is 0 Å². The Morgan fingerprint density at radius 1 is 1.17 bits per heavy atom. The zero-order chi connectivity index (χ0) is 8.55. The molecule has 68 valence electrons. The molecule has 1 fully saturated rings. The van der Waals surface area contributed by atoms with Crippen molar-refractivity contribution in [1.29, 1.82) is 0 Å². The Bertz CT molecular complexity index is 185. The van der Waals surface area contributed by atoms with Gasteiger partial charge in [0, 0.05) is 5.92 Å². The third kappa shape index (κ3) is 1.31. The van der Waals surface area contributed by atoms with Crippen molar-refractivity contribution in [3.63, 3.8) is 0 Å². The molecule has 0 aromatic carbocycles. The molecule has 0 saturated heterocycles. The third-order valence-corrected chi connectivity index (χ3v) is 3.77. The van der Waals surface area contributed by atoms with Crippen LogP contribution in [-0.4, -0.2) is 19.1 Å². The van der Waals surface area contributed by atoms with E-state index in [-0.39, 0.29) is 0 Å². The van der Waals surface area contributed by atoms with Gasteiger partial charge < -0.3 is 4.90 Å². The summed E-state index contributed by atoms with van der Waals surface area (Å²) in [5.74, 6) is 0.898. The smallest absolute Gasteiger partial charge is 0.103 e. The molecule has 0 spiro atoms. The summed E-state index contributed by atoms with van der Waals surface area (Å²) in [6.07, 6.45) is 10.7. The van der Waals surface area contributed by atoms with Crippen LogP contribution in [0.4, 0.5) is 0 Å². The van der Waals surface area contributed by atoms with Crippen molar-refractivity contribution in [3.05, 3.63) is 12.2 Å². The van der Waals surface area contributed by atoms with E-state index in [9.17, 15) is 0 Å². The first-order chi connectivity index (χ1) is 5.79. The summed E-state index contributed by atoms with van der Waals surface area (Å²) in [5.41, 5.74) is 0. The Hall–Kier alpha value is -0.300. The number of nitrogens with one attached hydrogen (secondary N) is 1. The number of likely N-dealkylation sites (N-methyl/N-ethyl adjacent to an activating group) is 1. The normalized spacial score (nSPS) is 47.2. The van der Waals surface area contributed by atoms with Gasteiger partial charge in [-0.2, -0.15) is 0 Å². The molecule has 1 N–H and O–H groups in total. The standard InChI is InChI=1S/C11H19N/c1-9-7-8-10-5-3-4-6-11(10)12(9)2/h7-11H,3-6H2,1-2H3/p+1/t9-,10+,11+/m0/s1. The average Bonchev–Trinajstić information content (AvgIpc) is 2.12. The molecule has 1 heteroatoms. The van der Waals surface area contributed by atoms with Gasteiger partial charge in [-0.1, -0.05) is 12.5 Å². The lowest BCUT2D eigenvalue weighted by molar-refractivity contribution is -0.928. The fourth-order valence-electron chi connectivity index (χ4n) is 2.75. The van der Waals surface area contributed by atoms with Gasteiger partial charge in [-0.05, 0) is 32.3 Å². The zero-order valence-electron chi connectivity index (χ0n) is 8.22. The molecule has 0 amide bonds. The van der Waals surface area contributed by atoms with E-state index < -0.39 is 0 Å². The van der Waals surface area contributed by atoms with Crippen LogP contribution in [0.1, 0.15) is 32.6 Å². The molecular weight excluding hydrogens is 146 g/mol. The minimum absolute atomic E-state index is 0.740. The molecule has 0 radical (unpaired) electrons. The molecule has 1 aliphatic carbocycles. The van der Waals surface area contributed by atoms with Crippen molar-refractivity contribution in [2.75, 3.05) is 7.05 Å². The van der Waals surface area contributed by atoms with Gasteiger partial charge in [-0.25, -0.2) is 0 Å². The molecule has 0 aromatic rings. The fourth-order valence-corrected chi connectivity index (χ4v) is 2.75. The van der Waals surface area contributed by atoms with Gasteiger partial charge in [0.25, 0.3) is 0 Å². The Balaban J connectivity index is 2.13. The van der Waals surface area contributed by atoms with Crippen LogP contribution in [0.15, 0.2) is 12.2 Å². The van der Waals surface area contributed by atoms with Gasteiger partial charge >= 0.3 is 0 Å². The summed E-state index contributed by atoms with van der Waals surface area (Å²) in [7, 11) is 2.36. The first-order valence-corrected chi connectivity index (χ1v) is 5.30. The van der Waals surface area contributed by atoms with Crippen molar-refractivity contribution < 1.29 is 4.90 Å². The highest BCUT2D eigenvalue weighted by atomic mass is 15.2. The summed E-state index contributed by atoms with van der Waals surface area (Å²) in [6, 6.07) is 1.67. The van der Waals surface area contributed by atoms with Crippen LogP contribution in [0, 0.1) is 5.92 Å². The van der Waals surface area contributed by atoms with Gasteiger partial charge in [0.1, 0.15) is 6.04 Å². The van der Waals surface area contributed by atoms with Crippen LogP contribution >= 0.6 is 0 Å². The van der Waals surface area contributed by atoms with Crippen LogP contribution in [0.5, 0.6) is 0 Å². The quantitative estimate of drug-likeness (QED) is 0.512. The molecular formula is C11H20N+. The molecule has 1 nitrogen and oxygen atoms in total. The number of hydrogen-bond acceptors (Lipinski definition) is 0. The van der Waals surface area contributed by atoms with Crippen molar-refractivity contribution in [3.8, 4) is 0 Å². The maximum absolute atomic E-state index is 2.47. The molecule has 1 heterocycles. The van der Waals surface area contributed by atoms with E-state index >= 15 is 0 Å². The second-order valence-corrected chi connectivity index (χ2v) is 4.47. The van der Waals surface area contributed by atoms with Crippen molar-refractivity contribution >= 4 is 0 Å². The summed E-state index contributed by atoms with van der Waals surface area (Å²) in [4.78, 5) is 1.74. The highest BCUT2D eigenvalue weighted by Crippen LogP contribution is 2.25. The van der Waals surface area contributed by atoms with E-state index in [1.54, 1.807) is 4.90 Å². The van der Waals surface area contributed by atoms with Crippen LogP contribution in [0.25, 0.3) is 0 Å². The SMILES string of the molecule is C[C@H]1C=C[C@H]2CCCC[C@H]2[NH+]1C. The lowest BCUT2D eigenvalue weighted by atomic mass is 9.80. The molecule has 1 saturated carbocycles. The molecule has 0 aromatic heterocycles. The van der Waals surface area contributed by atoms with Gasteiger partial charge in [-0.15, -0.1) is 0 Å². The number of quaternary nitrogens is 1. The summed E-state index contributed by atoms with van der Waals surface area (Å²) in [5, 5.41) is 0. The topological polar surface area (TPSA) is 4.44 Å². The maximum atomic E-state index is 2.47. The third-order valence-electron chi connectivity index (χ3n) is 3.77. The molecule has 2 aliphatic rings. The van der Waals surface area contributed by atoms with Crippen LogP contribution in [0.3, 0.4) is 0 Å². The Kier molecular flexibility index (Phi) is 2.22. The maximum Gasteiger partial charge on any atom is 0.103 e. The molecule has 1 aliphatic heterocycles. The highest BCUT2D eigenvalue weighted by Gasteiger charge is 2.34. The molecule has 2 rings (SSSR count). The Morgan fingerprint density at radius 2 is 1.92 bits per heavy atom. The molecule has 0 bridgehead atoms. The molecule has 4 atom stereocenters. The predicted octanol–water partition coefficient (Wildman–Crippen LogP) is 1.02. The lowest BCUT2D eigenvalue weighted by Gasteiger charge is -2.39. The van der Waals surface area contributed by atoms with E-state index in [0.29, 0.717) is 0 Å². The number of rotatable bonds is 0. The van der Waals surface area contributed by atoms with Crippen molar-refractivity contribution in [1.82, 2.24) is 0 Å². The minimum Gasteiger partial charge on any atom is -0.329 e. The number of hydrogen-bond donors (Lipinski definition) is 1. The lowest BCUT2D eigenvalue weighted by Crippen LogP contribution is -3.17. The van der Waals surface area contributed by atoms with E-state index in [0.717, 1.165) is 18.0 Å². The molecule has 1 unspecified atom stereocenters. The summed E-state index contributed by atoms with van der Waals surface area (Å²) < 4.78 is 0. The Labute approximate surface area is 75.4 Å². The summed E-state index contributed by atoms with van der Waals surface area (Å²) >= 11 is 0. The minimum atomic E-state index is 0.740. The van der Waals surface area contributed by atoms with Crippen LogP contribution < -0.4 is 4.90 Å². The fraction of sp³-hybridized carbons (Fsp3) is 0.818. The first-order valence-electron chi connectivity index (χ1n) is 5.30. The first kappa shape index (κ1) is 8.31. The molecule has 12 heavy (non-hydrogen) atoms. The van der Waals surface area contributed by atoms with E-state index in [2.05, 4.69) is 26.1 Å². The highest BCUT2D eigenvalue weighted by molar-refractivity contribution is 4.99. The van der Waals surface area contributed by atoms with Crippen LogP contribution in [0.2, 0.25) is 0 Å². The largest absolute Gasteiger partial charge is 0.329 e. The van der Waals surface area contributed by atoms with E-state index in [1.165, 1.54) is 25.7 Å². The van der Waals surface area contributed by atoms with E-state index in [1.807, 2.05) is 0 Å². The number of fused-ring (bicyclic) bond motifs is 1. The second-order valence-electron chi connectivity index (χ2n) is 4.47.